The summed E-state index contributed by atoms with van der Waals surface area (Å²) in [6, 6.07) is 7.20. The number of benzene rings is 1. The molecule has 1 saturated carbocycles. The molecule has 21 heavy (non-hydrogen) atoms. The number of anilines is 1. The van der Waals surface area contributed by atoms with Crippen LogP contribution in [0.25, 0.3) is 0 Å². The number of methoxy groups -OCH3 is 1. The summed E-state index contributed by atoms with van der Waals surface area (Å²) < 4.78 is 5.11. The van der Waals surface area contributed by atoms with Crippen molar-refractivity contribution >= 4 is 17.5 Å². The molecule has 0 bridgehead atoms. The Morgan fingerprint density at radius 1 is 1.29 bits per heavy atom. The standard InChI is InChI=1S/C16H22N2O3/c1-3-4-8-17-15(19)13-10-14(13)16(20)18-11-6-5-7-12(9-11)21-2/h5-7,9,13-14H,3-4,8,10H2,1-2H3,(H,17,19)(H,18,20). The predicted octanol–water partition coefficient (Wildman–Crippen LogP) is 2.19. The first-order chi connectivity index (χ1) is 10.2. The van der Waals surface area contributed by atoms with Gasteiger partial charge in [-0.05, 0) is 25.0 Å². The summed E-state index contributed by atoms with van der Waals surface area (Å²) in [6.45, 7) is 2.77. The highest BCUT2D eigenvalue weighted by Crippen LogP contribution is 2.39. The molecule has 5 heteroatoms. The SMILES string of the molecule is CCCCNC(=O)C1CC1C(=O)Nc1cccc(OC)c1. The van der Waals surface area contributed by atoms with Crippen LogP contribution < -0.4 is 15.4 Å². The number of ether oxygens (including phenoxy) is 1. The number of nitrogens with one attached hydrogen (secondary N) is 2. The number of amides is 2. The van der Waals surface area contributed by atoms with Crippen LogP contribution in [0.4, 0.5) is 5.69 Å². The number of carbonyl (C=O) groups is 2. The Balaban J connectivity index is 1.81. The smallest absolute Gasteiger partial charge is 0.228 e. The zero-order valence-electron chi connectivity index (χ0n) is 12.5. The molecule has 0 radical (unpaired) electrons. The third kappa shape index (κ3) is 4.21. The first-order valence-corrected chi connectivity index (χ1v) is 7.38. The lowest BCUT2D eigenvalue weighted by Crippen LogP contribution is -2.28. The molecule has 1 aromatic rings. The van der Waals surface area contributed by atoms with Crippen LogP contribution >= 0.6 is 0 Å². The monoisotopic (exact) mass is 290 g/mol. The molecule has 1 aromatic carbocycles. The van der Waals surface area contributed by atoms with E-state index in [1.54, 1.807) is 19.2 Å². The summed E-state index contributed by atoms with van der Waals surface area (Å²) >= 11 is 0. The van der Waals surface area contributed by atoms with Gasteiger partial charge in [-0.25, -0.2) is 0 Å². The molecule has 0 heterocycles. The Morgan fingerprint density at radius 2 is 2.05 bits per heavy atom. The van der Waals surface area contributed by atoms with Crippen LogP contribution in [0, 0.1) is 11.8 Å². The highest BCUT2D eigenvalue weighted by molar-refractivity contribution is 5.99. The van der Waals surface area contributed by atoms with Gasteiger partial charge in [0.15, 0.2) is 0 Å². The fraction of sp³-hybridized carbons (Fsp3) is 0.500. The second-order valence-electron chi connectivity index (χ2n) is 5.31. The van der Waals surface area contributed by atoms with Gasteiger partial charge < -0.3 is 15.4 Å². The summed E-state index contributed by atoms with van der Waals surface area (Å²) in [7, 11) is 1.58. The van der Waals surface area contributed by atoms with E-state index >= 15 is 0 Å². The number of carbonyl (C=O) groups excluding carboxylic acids is 2. The first-order valence-electron chi connectivity index (χ1n) is 7.38. The van der Waals surface area contributed by atoms with Crippen molar-refractivity contribution in [2.24, 2.45) is 11.8 Å². The summed E-state index contributed by atoms with van der Waals surface area (Å²) in [5.41, 5.74) is 0.691. The second kappa shape index (κ2) is 7.11. The molecule has 0 spiro atoms. The van der Waals surface area contributed by atoms with Gasteiger partial charge in [-0.2, -0.15) is 0 Å². The molecule has 2 unspecified atom stereocenters. The average Bonchev–Trinajstić information content (AvgIpc) is 3.28. The molecule has 1 fully saturated rings. The van der Waals surface area contributed by atoms with Crippen molar-refractivity contribution in [1.29, 1.82) is 0 Å². The van der Waals surface area contributed by atoms with Gasteiger partial charge in [-0.1, -0.05) is 19.4 Å². The zero-order valence-corrected chi connectivity index (χ0v) is 12.5. The van der Waals surface area contributed by atoms with Gasteiger partial charge in [0.25, 0.3) is 0 Å². The molecule has 0 aliphatic heterocycles. The maximum Gasteiger partial charge on any atom is 0.228 e. The van der Waals surface area contributed by atoms with Crippen molar-refractivity contribution in [2.45, 2.75) is 26.2 Å². The summed E-state index contributed by atoms with van der Waals surface area (Å²) in [5, 5.41) is 5.71. The van der Waals surface area contributed by atoms with Crippen molar-refractivity contribution < 1.29 is 14.3 Å². The Labute approximate surface area is 125 Å². The molecule has 2 amide bonds. The van der Waals surface area contributed by atoms with E-state index in [-0.39, 0.29) is 23.7 Å². The summed E-state index contributed by atoms with van der Waals surface area (Å²) in [5.74, 6) is 0.205. The third-order valence-corrected chi connectivity index (χ3v) is 3.63. The molecular weight excluding hydrogens is 268 g/mol. The quantitative estimate of drug-likeness (QED) is 0.756. The van der Waals surface area contributed by atoms with Crippen molar-refractivity contribution in [3.63, 3.8) is 0 Å². The van der Waals surface area contributed by atoms with Crippen molar-refractivity contribution in [1.82, 2.24) is 5.32 Å². The topological polar surface area (TPSA) is 67.4 Å². The van der Waals surface area contributed by atoms with Gasteiger partial charge in [-0.3, -0.25) is 9.59 Å². The van der Waals surface area contributed by atoms with Crippen LogP contribution in [-0.2, 0) is 9.59 Å². The van der Waals surface area contributed by atoms with Gasteiger partial charge in [0.2, 0.25) is 11.8 Å². The van der Waals surface area contributed by atoms with E-state index in [4.69, 9.17) is 4.74 Å². The summed E-state index contributed by atoms with van der Waals surface area (Å²) in [6.07, 6.45) is 2.65. The van der Waals surface area contributed by atoms with Crippen LogP contribution in [0.1, 0.15) is 26.2 Å². The number of unbranched alkanes of at least 4 members (excludes halogenated alkanes) is 1. The van der Waals surface area contributed by atoms with Gasteiger partial charge in [0.1, 0.15) is 5.75 Å². The van der Waals surface area contributed by atoms with Gasteiger partial charge >= 0.3 is 0 Å². The molecule has 1 aliphatic rings. The van der Waals surface area contributed by atoms with Crippen LogP contribution in [0.2, 0.25) is 0 Å². The molecule has 2 N–H and O–H groups in total. The summed E-state index contributed by atoms with van der Waals surface area (Å²) in [4.78, 5) is 23.9. The van der Waals surface area contributed by atoms with Crippen molar-refractivity contribution in [2.75, 3.05) is 19.0 Å². The predicted molar refractivity (Wildman–Crippen MR) is 81.1 cm³/mol. The van der Waals surface area contributed by atoms with E-state index in [1.807, 2.05) is 12.1 Å². The van der Waals surface area contributed by atoms with Crippen molar-refractivity contribution in [3.05, 3.63) is 24.3 Å². The number of hydrogen-bond donors (Lipinski definition) is 2. The van der Waals surface area contributed by atoms with Gasteiger partial charge in [0.05, 0.1) is 18.9 Å². The van der Waals surface area contributed by atoms with E-state index < -0.39 is 0 Å². The Bertz CT molecular complexity index is 516. The molecule has 2 rings (SSSR count). The maximum atomic E-state index is 12.1. The van der Waals surface area contributed by atoms with Gasteiger partial charge in [0, 0.05) is 18.3 Å². The minimum atomic E-state index is -0.210. The molecule has 1 aliphatic carbocycles. The van der Waals surface area contributed by atoms with E-state index in [0.29, 0.717) is 24.4 Å². The molecule has 0 saturated heterocycles. The third-order valence-electron chi connectivity index (χ3n) is 3.63. The van der Waals surface area contributed by atoms with E-state index in [9.17, 15) is 9.59 Å². The van der Waals surface area contributed by atoms with E-state index in [1.165, 1.54) is 0 Å². The van der Waals surface area contributed by atoms with Crippen LogP contribution in [-0.4, -0.2) is 25.5 Å². The lowest BCUT2D eigenvalue weighted by Gasteiger charge is -2.07. The van der Waals surface area contributed by atoms with Crippen LogP contribution in [0.5, 0.6) is 5.75 Å². The maximum absolute atomic E-state index is 12.1. The molecule has 5 nitrogen and oxygen atoms in total. The minimum Gasteiger partial charge on any atom is -0.497 e. The molecule has 2 atom stereocenters. The second-order valence-corrected chi connectivity index (χ2v) is 5.31. The molecular formula is C16H22N2O3. The van der Waals surface area contributed by atoms with E-state index in [2.05, 4.69) is 17.6 Å². The minimum absolute atomic E-state index is 0.00533. The highest BCUT2D eigenvalue weighted by atomic mass is 16.5. The van der Waals surface area contributed by atoms with Crippen LogP contribution in [0.15, 0.2) is 24.3 Å². The normalized spacial score (nSPS) is 19.7. The van der Waals surface area contributed by atoms with Crippen molar-refractivity contribution in [3.8, 4) is 5.75 Å². The molecule has 114 valence electrons. The highest BCUT2D eigenvalue weighted by Gasteiger charge is 2.47. The van der Waals surface area contributed by atoms with Crippen LogP contribution in [0.3, 0.4) is 0 Å². The average molecular weight is 290 g/mol. The fourth-order valence-corrected chi connectivity index (χ4v) is 2.23. The number of rotatable bonds is 7. The lowest BCUT2D eigenvalue weighted by atomic mass is 10.2. The largest absolute Gasteiger partial charge is 0.497 e. The van der Waals surface area contributed by atoms with E-state index in [0.717, 1.165) is 12.8 Å². The Kier molecular flexibility index (Phi) is 5.20. The zero-order chi connectivity index (χ0) is 15.2. The number of hydrogen-bond acceptors (Lipinski definition) is 3. The lowest BCUT2D eigenvalue weighted by molar-refractivity contribution is -0.125. The first kappa shape index (κ1) is 15.4. The molecule has 0 aromatic heterocycles. The Morgan fingerprint density at radius 3 is 2.76 bits per heavy atom. The Hall–Kier alpha value is -2.04. The van der Waals surface area contributed by atoms with Gasteiger partial charge in [-0.15, -0.1) is 0 Å². The fourth-order valence-electron chi connectivity index (χ4n) is 2.23.